The number of nitrogens with two attached hydrogens (primary N) is 1. The molecule has 3 atom stereocenters. The van der Waals surface area contributed by atoms with Gasteiger partial charge in [0.15, 0.2) is 0 Å². The molecule has 168 valence electrons. The average molecular weight is 435 g/mol. The predicted octanol–water partition coefficient (Wildman–Crippen LogP) is 1.27. The maximum atomic E-state index is 14.6. The molecule has 7 nitrogen and oxygen atoms in total. The summed E-state index contributed by atoms with van der Waals surface area (Å²) in [6.07, 6.45) is 2.42. The lowest BCUT2D eigenvalue weighted by Gasteiger charge is -2.27. The summed E-state index contributed by atoms with van der Waals surface area (Å²) >= 11 is 0. The Bertz CT molecular complexity index is 887. The van der Waals surface area contributed by atoms with Crippen molar-refractivity contribution in [3.63, 3.8) is 0 Å². The molecule has 1 aromatic rings. The molecular weight excluding hydrogens is 404 g/mol. The highest BCUT2D eigenvalue weighted by Gasteiger charge is 2.42. The van der Waals surface area contributed by atoms with Crippen LogP contribution < -0.4 is 21.7 Å². The lowest BCUT2D eigenvalue weighted by molar-refractivity contribution is -0.646. The third-order valence-corrected chi connectivity index (χ3v) is 6.21. The molecule has 2 amide bonds. The van der Waals surface area contributed by atoms with E-state index in [4.69, 9.17) is 0 Å². The number of nitrogens with one attached hydrogen (secondary N) is 3. The molecule has 1 aromatic carbocycles. The number of hydrazine groups is 1. The Hall–Kier alpha value is -2.52. The van der Waals surface area contributed by atoms with E-state index >= 15 is 0 Å². The lowest BCUT2D eigenvalue weighted by Crippen LogP contribution is -2.87. The van der Waals surface area contributed by atoms with E-state index in [1.807, 2.05) is 19.9 Å². The molecule has 3 aliphatic rings. The minimum atomic E-state index is -1.24. The van der Waals surface area contributed by atoms with Crippen LogP contribution in [0.25, 0.3) is 0 Å². The van der Waals surface area contributed by atoms with Gasteiger partial charge in [-0.1, -0.05) is 31.5 Å². The van der Waals surface area contributed by atoms with Gasteiger partial charge in [0.25, 0.3) is 0 Å². The highest BCUT2D eigenvalue weighted by atomic mass is 19.1. The molecule has 31 heavy (non-hydrogen) atoms. The minimum absolute atomic E-state index is 0.0214. The maximum Gasteiger partial charge on any atom is 0.243 e. The SMILES string of the molecule is CC(C)c1ccc(C(NC(=O)[C@@H]2C[C@@H](F)CN2C(=O)CC2=C[NH2+]NN2)C2CC2)cc1F. The first-order valence-corrected chi connectivity index (χ1v) is 10.9. The van der Waals surface area contributed by atoms with Gasteiger partial charge in [-0.2, -0.15) is 0 Å². The van der Waals surface area contributed by atoms with Crippen molar-refractivity contribution in [3.05, 3.63) is 47.0 Å². The summed E-state index contributed by atoms with van der Waals surface area (Å²) in [7, 11) is 0. The first-order chi connectivity index (χ1) is 14.8. The summed E-state index contributed by atoms with van der Waals surface area (Å²) in [5, 5.41) is 3.00. The molecule has 0 radical (unpaired) electrons. The van der Waals surface area contributed by atoms with Crippen molar-refractivity contribution >= 4 is 11.8 Å². The van der Waals surface area contributed by atoms with Crippen LogP contribution in [0, 0.1) is 11.7 Å². The smallest absolute Gasteiger partial charge is 0.243 e. The number of nitrogens with zero attached hydrogens (tertiary/aromatic N) is 1. The quantitative estimate of drug-likeness (QED) is 0.487. The molecule has 5 N–H and O–H groups in total. The number of carbonyl (C=O) groups is 2. The first-order valence-electron chi connectivity index (χ1n) is 10.9. The van der Waals surface area contributed by atoms with E-state index in [9.17, 15) is 18.4 Å². The Labute approximate surface area is 180 Å². The number of benzene rings is 1. The second-order valence-corrected chi connectivity index (χ2v) is 8.96. The fraction of sp³-hybridized carbons (Fsp3) is 0.545. The molecule has 2 heterocycles. The van der Waals surface area contributed by atoms with Crippen molar-refractivity contribution in [2.45, 2.75) is 63.7 Å². The zero-order valence-electron chi connectivity index (χ0n) is 17.8. The fourth-order valence-corrected chi connectivity index (χ4v) is 4.35. The van der Waals surface area contributed by atoms with E-state index < -0.39 is 12.2 Å². The zero-order valence-corrected chi connectivity index (χ0v) is 17.8. The van der Waals surface area contributed by atoms with Crippen molar-refractivity contribution in [2.75, 3.05) is 6.54 Å². The second kappa shape index (κ2) is 8.92. The van der Waals surface area contributed by atoms with Gasteiger partial charge in [0.1, 0.15) is 24.2 Å². The van der Waals surface area contributed by atoms with Crippen LogP contribution >= 0.6 is 0 Å². The number of likely N-dealkylation sites (tertiary alicyclic amines) is 1. The number of rotatable bonds is 7. The van der Waals surface area contributed by atoms with Gasteiger partial charge in [0, 0.05) is 6.42 Å². The third kappa shape index (κ3) is 4.88. The van der Waals surface area contributed by atoms with Gasteiger partial charge in [-0.05, 0) is 41.9 Å². The van der Waals surface area contributed by atoms with E-state index in [1.54, 1.807) is 17.7 Å². The number of hydrogen-bond donors (Lipinski definition) is 4. The molecule has 0 bridgehead atoms. The summed E-state index contributed by atoms with van der Waals surface area (Å²) in [5.41, 5.74) is 9.29. The van der Waals surface area contributed by atoms with Crippen molar-refractivity contribution in [1.82, 2.24) is 21.2 Å². The Kier molecular flexibility index (Phi) is 6.24. The largest absolute Gasteiger partial charge is 0.347 e. The van der Waals surface area contributed by atoms with Gasteiger partial charge in [-0.3, -0.25) is 15.0 Å². The predicted molar refractivity (Wildman–Crippen MR) is 110 cm³/mol. The zero-order chi connectivity index (χ0) is 22.1. The Balaban J connectivity index is 1.47. The normalized spacial score (nSPS) is 24.2. The number of hydrogen-bond acceptors (Lipinski definition) is 4. The number of alkyl halides is 1. The number of carbonyl (C=O) groups excluding carboxylic acids is 2. The summed E-state index contributed by atoms with van der Waals surface area (Å²) in [5.74, 6) is -0.658. The highest BCUT2D eigenvalue weighted by molar-refractivity contribution is 5.89. The van der Waals surface area contributed by atoms with Gasteiger partial charge < -0.3 is 10.2 Å². The summed E-state index contributed by atoms with van der Waals surface area (Å²) in [6.45, 7) is 3.78. The van der Waals surface area contributed by atoms with Crippen LogP contribution in [0.15, 0.2) is 30.1 Å². The van der Waals surface area contributed by atoms with E-state index in [0.29, 0.717) is 16.8 Å². The molecule has 1 saturated carbocycles. The van der Waals surface area contributed by atoms with Gasteiger partial charge >= 0.3 is 0 Å². The van der Waals surface area contributed by atoms with Crippen LogP contribution in [0.4, 0.5) is 8.78 Å². The average Bonchev–Trinajstić information content (AvgIpc) is 3.28. The van der Waals surface area contributed by atoms with Crippen molar-refractivity contribution < 1.29 is 23.8 Å². The van der Waals surface area contributed by atoms with Gasteiger partial charge in [0.05, 0.1) is 24.7 Å². The monoisotopic (exact) mass is 434 g/mol. The Morgan fingerprint density at radius 2 is 2.10 bits per heavy atom. The molecule has 2 fully saturated rings. The van der Waals surface area contributed by atoms with E-state index in [2.05, 4.69) is 16.3 Å². The molecule has 0 aromatic heterocycles. The molecule has 1 saturated heterocycles. The summed E-state index contributed by atoms with van der Waals surface area (Å²) in [4.78, 5) is 27.1. The lowest BCUT2D eigenvalue weighted by atomic mass is 9.96. The summed E-state index contributed by atoms with van der Waals surface area (Å²) < 4.78 is 28.8. The molecule has 1 aliphatic carbocycles. The van der Waals surface area contributed by atoms with Crippen LogP contribution in [0.5, 0.6) is 0 Å². The number of halogens is 2. The Morgan fingerprint density at radius 3 is 2.71 bits per heavy atom. The van der Waals surface area contributed by atoms with E-state index in [0.717, 1.165) is 12.8 Å². The van der Waals surface area contributed by atoms with Crippen LogP contribution in [0.3, 0.4) is 0 Å². The minimum Gasteiger partial charge on any atom is -0.347 e. The van der Waals surface area contributed by atoms with Gasteiger partial charge in [-0.25, -0.2) is 14.2 Å². The molecule has 0 spiro atoms. The topological polar surface area (TPSA) is 90.1 Å². The summed E-state index contributed by atoms with van der Waals surface area (Å²) in [6, 6.07) is 3.93. The first kappa shape index (κ1) is 21.7. The molecule has 4 rings (SSSR count). The number of amides is 2. The molecule has 9 heteroatoms. The number of quaternary nitrogens is 1. The van der Waals surface area contributed by atoms with Gasteiger partial charge in [0.2, 0.25) is 11.8 Å². The Morgan fingerprint density at radius 1 is 1.32 bits per heavy atom. The van der Waals surface area contributed by atoms with Crippen LogP contribution in [0.2, 0.25) is 0 Å². The second-order valence-electron chi connectivity index (χ2n) is 8.96. The molecular formula is C22H30F2N5O2+. The fourth-order valence-electron chi connectivity index (χ4n) is 4.35. The third-order valence-electron chi connectivity index (χ3n) is 6.21. The standard InChI is InChI=1S/C22H29F2N5O2/c1-12(2)17-6-5-14(7-18(17)24)21(13-3-4-13)26-22(31)19-8-15(23)11-29(19)20(30)9-16-10-25-28-27-16/h5-7,10,12-13,15,19,21,25,27-28H,3-4,8-9,11H2,1-2H3,(H,26,31)/p+1/t15-,19+,21?/m1/s1. The maximum absolute atomic E-state index is 14.6. The van der Waals surface area contributed by atoms with Crippen LogP contribution in [0.1, 0.15) is 62.6 Å². The van der Waals surface area contributed by atoms with Crippen molar-refractivity contribution in [3.8, 4) is 0 Å². The van der Waals surface area contributed by atoms with Crippen molar-refractivity contribution in [1.29, 1.82) is 0 Å². The molecule has 1 unspecified atom stereocenters. The van der Waals surface area contributed by atoms with E-state index in [-0.39, 0.29) is 54.9 Å². The molecule has 2 aliphatic heterocycles. The van der Waals surface area contributed by atoms with Gasteiger partial charge in [-0.15, -0.1) is 0 Å². The van der Waals surface area contributed by atoms with E-state index in [1.165, 1.54) is 11.0 Å². The van der Waals surface area contributed by atoms with Crippen LogP contribution in [-0.4, -0.2) is 35.5 Å². The van der Waals surface area contributed by atoms with Crippen LogP contribution in [-0.2, 0) is 9.59 Å². The van der Waals surface area contributed by atoms with Crippen molar-refractivity contribution in [2.24, 2.45) is 5.92 Å². The highest BCUT2D eigenvalue weighted by Crippen LogP contribution is 2.42.